The Kier molecular flexibility index (Phi) is 6.16. The lowest BCUT2D eigenvalue weighted by Crippen LogP contribution is -2.26. The zero-order valence-electron chi connectivity index (χ0n) is 12.6. The van der Waals surface area contributed by atoms with E-state index in [1.807, 2.05) is 0 Å². The molecule has 0 fully saturated rings. The molecule has 2 rings (SSSR count). The molecular formula is C16H14BrClFN3O2. The molecule has 0 aliphatic rings. The van der Waals surface area contributed by atoms with Crippen LogP contribution in [-0.2, 0) is 0 Å². The van der Waals surface area contributed by atoms with Crippen molar-refractivity contribution < 1.29 is 14.0 Å². The summed E-state index contributed by atoms with van der Waals surface area (Å²) in [6.45, 7) is 2.18. The molecule has 0 saturated heterocycles. The third kappa shape index (κ3) is 4.94. The highest BCUT2D eigenvalue weighted by atomic mass is 79.9. The molecule has 0 aliphatic carbocycles. The van der Waals surface area contributed by atoms with Gasteiger partial charge in [-0.1, -0.05) is 27.5 Å². The number of benzene rings is 2. The molecule has 3 N–H and O–H groups in total. The molecule has 3 amide bonds. The second kappa shape index (κ2) is 8.12. The van der Waals surface area contributed by atoms with Gasteiger partial charge in [-0.3, -0.25) is 4.79 Å². The molecule has 0 atom stereocenters. The predicted molar refractivity (Wildman–Crippen MR) is 96.2 cm³/mol. The van der Waals surface area contributed by atoms with Crippen molar-refractivity contribution in [3.05, 3.63) is 57.3 Å². The van der Waals surface area contributed by atoms with Crippen LogP contribution in [0, 0.1) is 5.82 Å². The van der Waals surface area contributed by atoms with Gasteiger partial charge in [0.15, 0.2) is 0 Å². The summed E-state index contributed by atoms with van der Waals surface area (Å²) in [5, 5.41) is 8.08. The monoisotopic (exact) mass is 413 g/mol. The Bertz CT molecular complexity index is 766. The summed E-state index contributed by atoms with van der Waals surface area (Å²) < 4.78 is 14.1. The Morgan fingerprint density at radius 2 is 1.92 bits per heavy atom. The number of anilines is 2. The molecule has 0 spiro atoms. The Hall–Kier alpha value is -2.12. The topological polar surface area (TPSA) is 70.2 Å². The highest BCUT2D eigenvalue weighted by Gasteiger charge is 2.14. The number of carbonyl (C=O) groups is 2. The molecule has 0 bridgehead atoms. The standard InChI is InChI=1S/C16H14BrClFN3O2/c1-2-20-15(23)13-4-3-11(19)8-14(13)22-16(24)21-12-6-9(17)5-10(18)7-12/h3-8H,2H2,1H3,(H,20,23)(H2,21,22,24). The van der Waals surface area contributed by atoms with Crippen molar-refractivity contribution >= 4 is 50.8 Å². The smallest absolute Gasteiger partial charge is 0.323 e. The van der Waals surface area contributed by atoms with Crippen LogP contribution in [0.4, 0.5) is 20.6 Å². The number of rotatable bonds is 4. The van der Waals surface area contributed by atoms with E-state index < -0.39 is 17.8 Å². The van der Waals surface area contributed by atoms with Crippen LogP contribution in [0.3, 0.4) is 0 Å². The molecule has 24 heavy (non-hydrogen) atoms. The summed E-state index contributed by atoms with van der Waals surface area (Å²) in [6.07, 6.45) is 0. The van der Waals surface area contributed by atoms with Crippen molar-refractivity contribution in [1.82, 2.24) is 5.32 Å². The van der Waals surface area contributed by atoms with Crippen LogP contribution < -0.4 is 16.0 Å². The van der Waals surface area contributed by atoms with Crippen molar-refractivity contribution in [3.63, 3.8) is 0 Å². The van der Waals surface area contributed by atoms with E-state index in [0.717, 1.165) is 12.1 Å². The van der Waals surface area contributed by atoms with Gasteiger partial charge in [-0.15, -0.1) is 0 Å². The van der Waals surface area contributed by atoms with E-state index in [4.69, 9.17) is 11.6 Å². The van der Waals surface area contributed by atoms with Crippen molar-refractivity contribution in [2.75, 3.05) is 17.2 Å². The zero-order chi connectivity index (χ0) is 17.7. The van der Waals surface area contributed by atoms with Crippen LogP contribution in [-0.4, -0.2) is 18.5 Å². The fourth-order valence-electron chi connectivity index (χ4n) is 1.98. The summed E-state index contributed by atoms with van der Waals surface area (Å²) in [5.74, 6) is -0.970. The lowest BCUT2D eigenvalue weighted by atomic mass is 10.1. The molecule has 0 heterocycles. The predicted octanol–water partition coefficient (Wildman–Crippen LogP) is 4.64. The average molecular weight is 415 g/mol. The lowest BCUT2D eigenvalue weighted by Gasteiger charge is -2.12. The van der Waals surface area contributed by atoms with Crippen LogP contribution in [0.15, 0.2) is 40.9 Å². The highest BCUT2D eigenvalue weighted by molar-refractivity contribution is 9.10. The minimum atomic E-state index is -0.625. The fraction of sp³-hybridized carbons (Fsp3) is 0.125. The third-order valence-electron chi connectivity index (χ3n) is 2.93. The first-order valence-electron chi connectivity index (χ1n) is 7.01. The summed E-state index contributed by atoms with van der Waals surface area (Å²) in [6, 6.07) is 7.81. The van der Waals surface area contributed by atoms with Gasteiger partial charge in [0.2, 0.25) is 0 Å². The van der Waals surface area contributed by atoms with E-state index in [1.165, 1.54) is 6.07 Å². The van der Waals surface area contributed by atoms with Crippen LogP contribution in [0.5, 0.6) is 0 Å². The van der Waals surface area contributed by atoms with E-state index in [2.05, 4.69) is 31.9 Å². The van der Waals surface area contributed by atoms with E-state index in [0.29, 0.717) is 21.7 Å². The second-order valence-corrected chi connectivity index (χ2v) is 6.14. The number of amides is 3. The largest absolute Gasteiger partial charge is 0.352 e. The maximum absolute atomic E-state index is 13.5. The SMILES string of the molecule is CCNC(=O)c1ccc(F)cc1NC(=O)Nc1cc(Cl)cc(Br)c1. The minimum Gasteiger partial charge on any atom is -0.352 e. The van der Waals surface area contributed by atoms with Gasteiger partial charge in [0.05, 0.1) is 11.3 Å². The molecular weight excluding hydrogens is 401 g/mol. The van der Waals surface area contributed by atoms with E-state index in [1.54, 1.807) is 25.1 Å². The normalized spacial score (nSPS) is 10.2. The van der Waals surface area contributed by atoms with Crippen LogP contribution in [0.25, 0.3) is 0 Å². The molecule has 5 nitrogen and oxygen atoms in total. The first-order valence-corrected chi connectivity index (χ1v) is 8.18. The molecule has 2 aromatic carbocycles. The molecule has 0 saturated carbocycles. The molecule has 0 unspecified atom stereocenters. The minimum absolute atomic E-state index is 0.0690. The van der Waals surface area contributed by atoms with Crippen molar-refractivity contribution in [2.24, 2.45) is 0 Å². The van der Waals surface area contributed by atoms with Gasteiger partial charge in [-0.2, -0.15) is 0 Å². The Labute approximate surface area is 151 Å². The molecule has 0 radical (unpaired) electrons. The van der Waals surface area contributed by atoms with Crippen LogP contribution >= 0.6 is 27.5 Å². The quantitative estimate of drug-likeness (QED) is 0.682. The van der Waals surface area contributed by atoms with Crippen molar-refractivity contribution in [2.45, 2.75) is 6.92 Å². The molecule has 126 valence electrons. The van der Waals surface area contributed by atoms with Gasteiger partial charge in [-0.25, -0.2) is 9.18 Å². The molecule has 2 aromatic rings. The summed E-state index contributed by atoms with van der Waals surface area (Å²) in [7, 11) is 0. The summed E-state index contributed by atoms with van der Waals surface area (Å²) in [4.78, 5) is 24.1. The lowest BCUT2D eigenvalue weighted by molar-refractivity contribution is 0.0956. The summed E-state index contributed by atoms with van der Waals surface area (Å²) >= 11 is 9.18. The molecule has 8 heteroatoms. The maximum Gasteiger partial charge on any atom is 0.323 e. The Morgan fingerprint density at radius 3 is 2.58 bits per heavy atom. The summed E-state index contributed by atoms with van der Waals surface area (Å²) in [5.41, 5.74) is 0.683. The number of hydrogen-bond donors (Lipinski definition) is 3. The van der Waals surface area contributed by atoms with Gasteiger partial charge < -0.3 is 16.0 Å². The van der Waals surface area contributed by atoms with Gasteiger partial charge in [-0.05, 0) is 43.3 Å². The van der Waals surface area contributed by atoms with Crippen LogP contribution in [0.2, 0.25) is 5.02 Å². The van der Waals surface area contributed by atoms with Crippen molar-refractivity contribution in [1.29, 1.82) is 0 Å². The van der Waals surface area contributed by atoms with E-state index in [9.17, 15) is 14.0 Å². The average Bonchev–Trinajstić information content (AvgIpc) is 2.46. The van der Waals surface area contributed by atoms with Gasteiger partial charge in [0.1, 0.15) is 5.82 Å². The number of nitrogens with one attached hydrogen (secondary N) is 3. The molecule has 0 aromatic heterocycles. The van der Waals surface area contributed by atoms with Crippen molar-refractivity contribution in [3.8, 4) is 0 Å². The van der Waals surface area contributed by atoms with Crippen LogP contribution in [0.1, 0.15) is 17.3 Å². The van der Waals surface area contributed by atoms with Gasteiger partial charge in [0.25, 0.3) is 5.91 Å². The number of carbonyl (C=O) groups excluding carboxylic acids is 2. The zero-order valence-corrected chi connectivity index (χ0v) is 15.0. The highest BCUT2D eigenvalue weighted by Crippen LogP contribution is 2.23. The van der Waals surface area contributed by atoms with Gasteiger partial charge in [0, 0.05) is 21.7 Å². The van der Waals surface area contributed by atoms with E-state index >= 15 is 0 Å². The molecule has 0 aliphatic heterocycles. The number of urea groups is 1. The maximum atomic E-state index is 13.5. The van der Waals surface area contributed by atoms with E-state index in [-0.39, 0.29) is 11.3 Å². The Morgan fingerprint density at radius 1 is 1.17 bits per heavy atom. The fourth-order valence-corrected chi connectivity index (χ4v) is 2.84. The third-order valence-corrected chi connectivity index (χ3v) is 3.61. The number of halogens is 3. The Balaban J connectivity index is 2.18. The number of hydrogen-bond acceptors (Lipinski definition) is 2. The second-order valence-electron chi connectivity index (χ2n) is 4.79. The first kappa shape index (κ1) is 18.2. The first-order chi connectivity index (χ1) is 11.4. The van der Waals surface area contributed by atoms with Gasteiger partial charge >= 0.3 is 6.03 Å².